The van der Waals surface area contributed by atoms with Crippen LogP contribution < -0.4 is 4.72 Å². The Labute approximate surface area is 125 Å². The van der Waals surface area contributed by atoms with Crippen LogP contribution in [0.4, 0.5) is 5.69 Å². The molecule has 0 unspecified atom stereocenters. The first-order valence-corrected chi connectivity index (χ1v) is 8.42. The minimum absolute atomic E-state index is 0.288. The van der Waals surface area contributed by atoms with Crippen molar-refractivity contribution in [3.8, 4) is 0 Å². The summed E-state index contributed by atoms with van der Waals surface area (Å²) >= 11 is 0. The minimum atomic E-state index is -3.52. The van der Waals surface area contributed by atoms with E-state index in [1.807, 2.05) is 12.1 Å². The lowest BCUT2D eigenvalue weighted by molar-refractivity contribution is 0.313. The van der Waals surface area contributed by atoms with E-state index in [1.165, 1.54) is 5.56 Å². The molecule has 1 N–H and O–H groups in total. The lowest BCUT2D eigenvalue weighted by atomic mass is 9.98. The van der Waals surface area contributed by atoms with Crippen LogP contribution in [0.2, 0.25) is 0 Å². The topological polar surface area (TPSA) is 49.4 Å². The molecule has 0 spiro atoms. The summed E-state index contributed by atoms with van der Waals surface area (Å²) in [4.78, 5) is 2.52. The Morgan fingerprint density at radius 1 is 1.05 bits per heavy atom. The van der Waals surface area contributed by atoms with Crippen molar-refractivity contribution in [3.63, 3.8) is 0 Å². The van der Waals surface area contributed by atoms with Gasteiger partial charge >= 0.3 is 0 Å². The molecule has 0 atom stereocenters. The maximum absolute atomic E-state index is 12.4. The van der Waals surface area contributed by atoms with Gasteiger partial charge in [0.1, 0.15) is 0 Å². The maximum Gasteiger partial charge on any atom is 0.261 e. The Hall–Kier alpha value is -1.85. The first-order valence-electron chi connectivity index (χ1n) is 6.93. The zero-order chi connectivity index (χ0) is 14.9. The number of likely N-dealkylation sites (N-methyl/N-ethyl adjacent to an activating group) is 1. The molecule has 0 radical (unpaired) electrons. The first kappa shape index (κ1) is 14.1. The van der Waals surface area contributed by atoms with Crippen LogP contribution in [0.5, 0.6) is 0 Å². The van der Waals surface area contributed by atoms with Gasteiger partial charge in [-0.15, -0.1) is 0 Å². The van der Waals surface area contributed by atoms with E-state index in [2.05, 4.69) is 22.7 Å². The highest BCUT2D eigenvalue weighted by atomic mass is 32.2. The van der Waals surface area contributed by atoms with Gasteiger partial charge in [0.2, 0.25) is 0 Å². The second-order valence-electron chi connectivity index (χ2n) is 5.35. The lowest BCUT2D eigenvalue weighted by Crippen LogP contribution is -2.27. The monoisotopic (exact) mass is 302 g/mol. The van der Waals surface area contributed by atoms with E-state index in [9.17, 15) is 8.42 Å². The molecule has 110 valence electrons. The van der Waals surface area contributed by atoms with Gasteiger partial charge < -0.3 is 4.90 Å². The summed E-state index contributed by atoms with van der Waals surface area (Å²) in [6.45, 7) is 1.80. The number of nitrogens with one attached hydrogen (secondary N) is 1. The number of hydrogen-bond donors (Lipinski definition) is 1. The van der Waals surface area contributed by atoms with E-state index in [0.717, 1.165) is 25.1 Å². The standard InChI is InChI=1S/C16H18N2O2S/c1-18-11-10-15-13(12-18)6-5-9-16(15)17-21(19,20)14-7-3-2-4-8-14/h2-9,17H,10-12H2,1H3. The van der Waals surface area contributed by atoms with Crippen molar-refractivity contribution < 1.29 is 8.42 Å². The number of nitrogens with zero attached hydrogens (tertiary/aromatic N) is 1. The molecule has 4 nitrogen and oxygen atoms in total. The van der Waals surface area contributed by atoms with Crippen molar-refractivity contribution in [2.45, 2.75) is 17.9 Å². The molecule has 0 fully saturated rings. The van der Waals surface area contributed by atoms with Crippen LogP contribution in [0.1, 0.15) is 11.1 Å². The molecule has 1 aliphatic heterocycles. The fraction of sp³-hybridized carbons (Fsp3) is 0.250. The van der Waals surface area contributed by atoms with Gasteiger partial charge in [0, 0.05) is 13.1 Å². The molecule has 5 heteroatoms. The molecule has 2 aromatic carbocycles. The Morgan fingerprint density at radius 2 is 1.81 bits per heavy atom. The lowest BCUT2D eigenvalue weighted by Gasteiger charge is -2.26. The highest BCUT2D eigenvalue weighted by Gasteiger charge is 2.20. The Bertz CT molecular complexity index is 742. The summed E-state index contributed by atoms with van der Waals surface area (Å²) in [6.07, 6.45) is 0.860. The van der Waals surface area contributed by atoms with Crippen molar-refractivity contribution in [2.24, 2.45) is 0 Å². The molecule has 2 aromatic rings. The van der Waals surface area contributed by atoms with E-state index >= 15 is 0 Å². The summed E-state index contributed by atoms with van der Waals surface area (Å²) in [6, 6.07) is 14.3. The van der Waals surface area contributed by atoms with Crippen LogP contribution in [-0.2, 0) is 23.0 Å². The summed E-state index contributed by atoms with van der Waals surface area (Å²) < 4.78 is 27.6. The molecule has 0 aromatic heterocycles. The molecule has 3 rings (SSSR count). The van der Waals surface area contributed by atoms with Crippen molar-refractivity contribution in [3.05, 3.63) is 59.7 Å². The molecule has 0 saturated heterocycles. The molecular formula is C16H18N2O2S. The minimum Gasteiger partial charge on any atom is -0.302 e. The van der Waals surface area contributed by atoms with Gasteiger partial charge in [-0.05, 0) is 42.8 Å². The number of anilines is 1. The molecule has 1 aliphatic rings. The van der Waals surface area contributed by atoms with Crippen molar-refractivity contribution in [1.82, 2.24) is 4.90 Å². The molecular weight excluding hydrogens is 284 g/mol. The van der Waals surface area contributed by atoms with Gasteiger partial charge in [-0.2, -0.15) is 0 Å². The van der Waals surface area contributed by atoms with Crippen LogP contribution in [-0.4, -0.2) is 26.9 Å². The van der Waals surface area contributed by atoms with Crippen LogP contribution in [0.3, 0.4) is 0 Å². The Kier molecular flexibility index (Phi) is 3.69. The first-order chi connectivity index (χ1) is 10.1. The van der Waals surface area contributed by atoms with Gasteiger partial charge in [0.15, 0.2) is 0 Å². The summed E-state index contributed by atoms with van der Waals surface area (Å²) in [7, 11) is -1.45. The maximum atomic E-state index is 12.4. The SMILES string of the molecule is CN1CCc2c(cccc2NS(=O)(=O)c2ccccc2)C1. The van der Waals surface area contributed by atoms with E-state index < -0.39 is 10.0 Å². The Balaban J connectivity index is 1.94. The van der Waals surface area contributed by atoms with Gasteiger partial charge in [-0.3, -0.25) is 4.72 Å². The predicted molar refractivity (Wildman–Crippen MR) is 83.7 cm³/mol. The zero-order valence-electron chi connectivity index (χ0n) is 11.9. The summed E-state index contributed by atoms with van der Waals surface area (Å²) in [5.41, 5.74) is 3.00. The van der Waals surface area contributed by atoms with E-state index in [4.69, 9.17) is 0 Å². The zero-order valence-corrected chi connectivity index (χ0v) is 12.7. The van der Waals surface area contributed by atoms with Crippen LogP contribution in [0.15, 0.2) is 53.4 Å². The number of benzene rings is 2. The van der Waals surface area contributed by atoms with Gasteiger partial charge in [0.05, 0.1) is 10.6 Å². The normalized spacial score (nSPS) is 15.5. The number of rotatable bonds is 3. The third-order valence-electron chi connectivity index (χ3n) is 3.75. The summed E-state index contributed by atoms with van der Waals surface area (Å²) in [5, 5.41) is 0. The molecule has 1 heterocycles. The molecule has 0 aliphatic carbocycles. The van der Waals surface area contributed by atoms with Gasteiger partial charge in [0.25, 0.3) is 10.0 Å². The van der Waals surface area contributed by atoms with Crippen molar-refractivity contribution in [1.29, 1.82) is 0 Å². The van der Waals surface area contributed by atoms with Gasteiger partial charge in [-0.1, -0.05) is 30.3 Å². The largest absolute Gasteiger partial charge is 0.302 e. The molecule has 0 bridgehead atoms. The third kappa shape index (κ3) is 2.94. The van der Waals surface area contributed by atoms with Crippen LogP contribution in [0, 0.1) is 0 Å². The van der Waals surface area contributed by atoms with Crippen molar-refractivity contribution in [2.75, 3.05) is 18.3 Å². The van der Waals surface area contributed by atoms with Crippen LogP contribution >= 0.6 is 0 Å². The smallest absolute Gasteiger partial charge is 0.261 e. The highest BCUT2D eigenvalue weighted by molar-refractivity contribution is 7.92. The second kappa shape index (κ2) is 5.50. The molecule has 0 amide bonds. The molecule has 21 heavy (non-hydrogen) atoms. The predicted octanol–water partition coefficient (Wildman–Crippen LogP) is 2.48. The average molecular weight is 302 g/mol. The van der Waals surface area contributed by atoms with E-state index in [1.54, 1.807) is 30.3 Å². The fourth-order valence-electron chi connectivity index (χ4n) is 2.65. The number of hydrogen-bond acceptors (Lipinski definition) is 3. The van der Waals surface area contributed by atoms with E-state index in [-0.39, 0.29) is 4.90 Å². The number of sulfonamides is 1. The summed E-state index contributed by atoms with van der Waals surface area (Å²) in [5.74, 6) is 0. The Morgan fingerprint density at radius 3 is 2.57 bits per heavy atom. The fourth-order valence-corrected chi connectivity index (χ4v) is 3.76. The van der Waals surface area contributed by atoms with Gasteiger partial charge in [-0.25, -0.2) is 8.42 Å². The van der Waals surface area contributed by atoms with E-state index in [0.29, 0.717) is 5.69 Å². The number of fused-ring (bicyclic) bond motifs is 1. The van der Waals surface area contributed by atoms with Crippen LogP contribution in [0.25, 0.3) is 0 Å². The second-order valence-corrected chi connectivity index (χ2v) is 7.03. The molecule has 0 saturated carbocycles. The highest BCUT2D eigenvalue weighted by Crippen LogP contribution is 2.27. The van der Waals surface area contributed by atoms with Crippen molar-refractivity contribution >= 4 is 15.7 Å². The average Bonchev–Trinajstić information content (AvgIpc) is 2.48. The third-order valence-corrected chi connectivity index (χ3v) is 5.14. The quantitative estimate of drug-likeness (QED) is 0.947.